The van der Waals surface area contributed by atoms with Crippen molar-refractivity contribution in [3.8, 4) is 0 Å². The molecule has 1 atom stereocenters. The minimum absolute atomic E-state index is 0.00564. The fourth-order valence-electron chi connectivity index (χ4n) is 2.25. The summed E-state index contributed by atoms with van der Waals surface area (Å²) < 4.78 is 3.00. The van der Waals surface area contributed by atoms with Crippen molar-refractivity contribution in [2.24, 2.45) is 7.05 Å². The summed E-state index contributed by atoms with van der Waals surface area (Å²) in [5.74, 6) is -0.00564. The van der Waals surface area contributed by atoms with Gasteiger partial charge < -0.3 is 9.88 Å². The maximum Gasteiger partial charge on any atom is 0.268 e. The molecule has 112 valence electrons. The molecule has 4 heteroatoms. The van der Waals surface area contributed by atoms with Crippen LogP contribution in [0.2, 0.25) is 0 Å². The first-order valence-corrected chi connectivity index (χ1v) is 7.94. The number of carbonyl (C=O) groups excluding carboxylic acids is 1. The quantitative estimate of drug-likeness (QED) is 0.874. The third-order valence-corrected chi connectivity index (χ3v) is 4.29. The van der Waals surface area contributed by atoms with Crippen molar-refractivity contribution in [1.82, 2.24) is 9.88 Å². The van der Waals surface area contributed by atoms with Crippen LogP contribution in [0.5, 0.6) is 0 Å². The van der Waals surface area contributed by atoms with Gasteiger partial charge in [0.15, 0.2) is 0 Å². The molecule has 2 aromatic rings. The molecule has 0 bridgehead atoms. The lowest BCUT2D eigenvalue weighted by molar-refractivity contribution is 0.0930. The van der Waals surface area contributed by atoms with Gasteiger partial charge in [0.25, 0.3) is 5.91 Å². The van der Waals surface area contributed by atoms with Crippen molar-refractivity contribution in [1.29, 1.82) is 0 Å². The fourth-order valence-corrected chi connectivity index (χ4v) is 2.51. The minimum atomic E-state index is -0.00564. The van der Waals surface area contributed by atoms with Gasteiger partial charge in [-0.15, -0.1) is 0 Å². The molecule has 0 aliphatic rings. The molecule has 0 aliphatic heterocycles. The first-order valence-electron chi connectivity index (χ1n) is 7.15. The zero-order chi connectivity index (χ0) is 15.4. The Bertz CT molecular complexity index is 616. The number of aryl methyl sites for hydroxylation is 2. The van der Waals surface area contributed by atoms with Crippen molar-refractivity contribution < 1.29 is 4.79 Å². The lowest BCUT2D eigenvalue weighted by Crippen LogP contribution is -2.34. The van der Waals surface area contributed by atoms with E-state index >= 15 is 0 Å². The highest BCUT2D eigenvalue weighted by atomic mass is 79.9. The molecule has 1 aromatic heterocycles. The van der Waals surface area contributed by atoms with Gasteiger partial charge in [0, 0.05) is 23.3 Å². The second-order valence-electron chi connectivity index (χ2n) is 5.46. The zero-order valence-electron chi connectivity index (χ0n) is 12.7. The molecule has 3 nitrogen and oxygen atoms in total. The molecule has 1 N–H and O–H groups in total. The Hall–Kier alpha value is -1.55. The second kappa shape index (κ2) is 6.94. The molecule has 21 heavy (non-hydrogen) atoms. The first-order chi connectivity index (χ1) is 9.97. The maximum absolute atomic E-state index is 12.2. The van der Waals surface area contributed by atoms with Crippen LogP contribution in [-0.4, -0.2) is 16.5 Å². The summed E-state index contributed by atoms with van der Waals surface area (Å²) in [6, 6.07) is 12.3. The van der Waals surface area contributed by atoms with E-state index in [0.29, 0.717) is 5.69 Å². The van der Waals surface area contributed by atoms with Gasteiger partial charge in [-0.1, -0.05) is 28.1 Å². The number of aromatic nitrogens is 1. The van der Waals surface area contributed by atoms with Crippen molar-refractivity contribution in [3.63, 3.8) is 0 Å². The SMILES string of the molecule is Cc1ccc(C(=O)NC(C)CCc2ccc(Br)cc2)n1C. The highest BCUT2D eigenvalue weighted by Crippen LogP contribution is 2.13. The largest absolute Gasteiger partial charge is 0.348 e. The van der Waals surface area contributed by atoms with Crippen LogP contribution in [0, 0.1) is 6.92 Å². The number of benzene rings is 1. The van der Waals surface area contributed by atoms with Crippen LogP contribution in [0.15, 0.2) is 40.9 Å². The van der Waals surface area contributed by atoms with Crippen LogP contribution in [0.4, 0.5) is 0 Å². The third kappa shape index (κ3) is 4.21. The summed E-state index contributed by atoms with van der Waals surface area (Å²) in [7, 11) is 1.91. The summed E-state index contributed by atoms with van der Waals surface area (Å²) in [6.45, 7) is 4.04. The van der Waals surface area contributed by atoms with E-state index in [2.05, 4.69) is 33.4 Å². The van der Waals surface area contributed by atoms with E-state index in [4.69, 9.17) is 0 Å². The average molecular weight is 349 g/mol. The Labute approximate surface area is 134 Å². The van der Waals surface area contributed by atoms with Gasteiger partial charge in [0.2, 0.25) is 0 Å². The van der Waals surface area contributed by atoms with Crippen molar-refractivity contribution >= 4 is 21.8 Å². The standard InChI is InChI=1S/C17H21BrN2O/c1-12(4-6-14-7-9-15(18)10-8-14)19-17(21)16-11-5-13(2)20(16)3/h5,7-12H,4,6H2,1-3H3,(H,19,21). The predicted molar refractivity (Wildman–Crippen MR) is 89.5 cm³/mol. The number of hydrogen-bond donors (Lipinski definition) is 1. The molecule has 0 spiro atoms. The predicted octanol–water partition coefficient (Wildman–Crippen LogP) is 3.85. The Balaban J connectivity index is 1.87. The lowest BCUT2D eigenvalue weighted by atomic mass is 10.1. The second-order valence-corrected chi connectivity index (χ2v) is 6.37. The van der Waals surface area contributed by atoms with Crippen molar-refractivity contribution in [2.75, 3.05) is 0 Å². The van der Waals surface area contributed by atoms with Crippen molar-refractivity contribution in [2.45, 2.75) is 32.7 Å². The van der Waals surface area contributed by atoms with Gasteiger partial charge in [-0.2, -0.15) is 0 Å². The number of amides is 1. The van der Waals surface area contributed by atoms with Gasteiger partial charge in [0.1, 0.15) is 5.69 Å². The Morgan fingerprint density at radius 1 is 1.24 bits per heavy atom. The van der Waals surface area contributed by atoms with Gasteiger partial charge in [-0.3, -0.25) is 4.79 Å². The van der Waals surface area contributed by atoms with E-state index in [1.54, 1.807) is 0 Å². The third-order valence-electron chi connectivity index (χ3n) is 3.76. The highest BCUT2D eigenvalue weighted by Gasteiger charge is 2.13. The Morgan fingerprint density at radius 3 is 2.48 bits per heavy atom. The number of nitrogens with one attached hydrogen (secondary N) is 1. The summed E-state index contributed by atoms with van der Waals surface area (Å²) in [5.41, 5.74) is 3.08. The molecule has 0 saturated carbocycles. The number of carbonyl (C=O) groups is 1. The fraction of sp³-hybridized carbons (Fsp3) is 0.353. The number of hydrogen-bond acceptors (Lipinski definition) is 1. The summed E-state index contributed by atoms with van der Waals surface area (Å²) >= 11 is 3.43. The average Bonchev–Trinajstić information content (AvgIpc) is 2.78. The first kappa shape index (κ1) is 15.8. The van der Waals surface area contributed by atoms with Gasteiger partial charge >= 0.3 is 0 Å². The van der Waals surface area contributed by atoms with Crippen LogP contribution >= 0.6 is 15.9 Å². The number of halogens is 1. The van der Waals surface area contributed by atoms with Crippen LogP contribution in [0.25, 0.3) is 0 Å². The normalized spacial score (nSPS) is 12.2. The highest BCUT2D eigenvalue weighted by molar-refractivity contribution is 9.10. The molecule has 1 aromatic carbocycles. The monoisotopic (exact) mass is 348 g/mol. The maximum atomic E-state index is 12.2. The smallest absolute Gasteiger partial charge is 0.268 e. The van der Waals surface area contributed by atoms with Gasteiger partial charge in [0.05, 0.1) is 0 Å². The topological polar surface area (TPSA) is 34.0 Å². The molecule has 0 fully saturated rings. The molecule has 1 unspecified atom stereocenters. The number of nitrogens with zero attached hydrogens (tertiary/aromatic N) is 1. The van der Waals surface area contributed by atoms with E-state index in [-0.39, 0.29) is 11.9 Å². The van der Waals surface area contributed by atoms with Crippen molar-refractivity contribution in [3.05, 3.63) is 57.8 Å². The molecule has 1 amide bonds. The number of rotatable bonds is 5. The minimum Gasteiger partial charge on any atom is -0.348 e. The molecule has 0 radical (unpaired) electrons. The van der Waals surface area contributed by atoms with Crippen LogP contribution in [0.3, 0.4) is 0 Å². The van der Waals surface area contributed by atoms with E-state index < -0.39 is 0 Å². The molecule has 2 rings (SSSR count). The van der Waals surface area contributed by atoms with E-state index in [0.717, 1.165) is 23.0 Å². The summed E-state index contributed by atoms with van der Waals surface area (Å²) in [5, 5.41) is 3.06. The Morgan fingerprint density at radius 2 is 1.90 bits per heavy atom. The molecular formula is C17H21BrN2O. The molecule has 0 saturated heterocycles. The van der Waals surface area contributed by atoms with Crippen LogP contribution in [0.1, 0.15) is 35.1 Å². The van der Waals surface area contributed by atoms with E-state index in [1.807, 2.05) is 49.7 Å². The van der Waals surface area contributed by atoms with Gasteiger partial charge in [-0.05, 0) is 56.5 Å². The zero-order valence-corrected chi connectivity index (χ0v) is 14.3. The Kier molecular flexibility index (Phi) is 5.23. The van der Waals surface area contributed by atoms with E-state index in [1.165, 1.54) is 5.56 Å². The van der Waals surface area contributed by atoms with Crippen LogP contribution in [-0.2, 0) is 13.5 Å². The molecule has 1 heterocycles. The van der Waals surface area contributed by atoms with Crippen LogP contribution < -0.4 is 5.32 Å². The lowest BCUT2D eigenvalue weighted by Gasteiger charge is -2.14. The van der Waals surface area contributed by atoms with Gasteiger partial charge in [-0.25, -0.2) is 0 Å². The summed E-state index contributed by atoms with van der Waals surface area (Å²) in [4.78, 5) is 12.2. The molecule has 0 aliphatic carbocycles. The molecular weight excluding hydrogens is 328 g/mol. The summed E-state index contributed by atoms with van der Waals surface area (Å²) in [6.07, 6.45) is 1.89. The van der Waals surface area contributed by atoms with E-state index in [9.17, 15) is 4.79 Å².